The summed E-state index contributed by atoms with van der Waals surface area (Å²) in [6.45, 7) is 1.80. The first-order valence-corrected chi connectivity index (χ1v) is 8.49. The second-order valence-electron chi connectivity index (χ2n) is 5.20. The van der Waals surface area contributed by atoms with E-state index in [2.05, 4.69) is 15.9 Å². The Labute approximate surface area is 151 Å². The molecule has 0 amide bonds. The summed E-state index contributed by atoms with van der Waals surface area (Å²) < 4.78 is 22.2. The first-order valence-electron chi connectivity index (χ1n) is 7.70. The zero-order valence-corrected chi connectivity index (χ0v) is 15.0. The number of halogens is 1. The zero-order valence-electron chi connectivity index (χ0n) is 13.4. The maximum Gasteiger partial charge on any atom is 0.344 e. The topological polar surface area (TPSA) is 78.9 Å². The molecule has 2 heterocycles. The minimum atomic E-state index is -0.555. The van der Waals surface area contributed by atoms with Crippen molar-refractivity contribution in [2.75, 3.05) is 13.2 Å². The molecule has 0 saturated heterocycles. The number of fused-ring (bicyclic) bond motifs is 1. The van der Waals surface area contributed by atoms with E-state index in [-0.39, 0.29) is 16.9 Å². The predicted molar refractivity (Wildman–Crippen MR) is 94.6 cm³/mol. The zero-order chi connectivity index (χ0) is 17.8. The van der Waals surface area contributed by atoms with Crippen LogP contribution in [0.2, 0.25) is 0 Å². The molecule has 0 aliphatic heterocycles. The van der Waals surface area contributed by atoms with Crippen LogP contribution in [0.25, 0.3) is 22.5 Å². The first kappa shape index (κ1) is 17.3. The Morgan fingerprint density at radius 3 is 2.68 bits per heavy atom. The molecule has 0 aliphatic carbocycles. The lowest BCUT2D eigenvalue weighted by molar-refractivity contribution is -0.146. The van der Waals surface area contributed by atoms with Gasteiger partial charge in [-0.2, -0.15) is 0 Å². The molecule has 0 unspecified atom stereocenters. The Bertz CT molecular complexity index is 956. The number of rotatable bonds is 6. The summed E-state index contributed by atoms with van der Waals surface area (Å²) in [6.07, 6.45) is 0.704. The van der Waals surface area contributed by atoms with E-state index < -0.39 is 12.6 Å². The first-order chi connectivity index (χ1) is 12.1. The summed E-state index contributed by atoms with van der Waals surface area (Å²) in [5.41, 5.74) is 0.0172. The molecule has 6 nitrogen and oxygen atoms in total. The SMILES string of the molecule is CCCOC(=O)COc1c(-c2ccc(Br)o2)oc2ccccc2c1=O. The average Bonchev–Trinajstić information content (AvgIpc) is 3.05. The molecule has 0 saturated carbocycles. The highest BCUT2D eigenvalue weighted by molar-refractivity contribution is 9.10. The maximum atomic E-state index is 12.8. The van der Waals surface area contributed by atoms with Gasteiger partial charge >= 0.3 is 5.97 Å². The van der Waals surface area contributed by atoms with Crippen LogP contribution in [0.5, 0.6) is 5.75 Å². The van der Waals surface area contributed by atoms with Gasteiger partial charge in [-0.25, -0.2) is 4.79 Å². The van der Waals surface area contributed by atoms with Crippen molar-refractivity contribution in [1.82, 2.24) is 0 Å². The van der Waals surface area contributed by atoms with Crippen LogP contribution in [-0.4, -0.2) is 19.2 Å². The van der Waals surface area contributed by atoms with Crippen LogP contribution < -0.4 is 10.2 Å². The molecule has 0 bridgehead atoms. The fraction of sp³-hybridized carbons (Fsp3) is 0.222. The van der Waals surface area contributed by atoms with Crippen LogP contribution in [0, 0.1) is 0 Å². The molecule has 0 fully saturated rings. The normalized spacial score (nSPS) is 10.8. The second-order valence-corrected chi connectivity index (χ2v) is 5.98. The summed E-state index contributed by atoms with van der Waals surface area (Å²) >= 11 is 3.21. The minimum absolute atomic E-state index is 0.0889. The van der Waals surface area contributed by atoms with Crippen molar-refractivity contribution in [1.29, 1.82) is 0 Å². The Morgan fingerprint density at radius 2 is 1.96 bits per heavy atom. The van der Waals surface area contributed by atoms with Crippen molar-refractivity contribution >= 4 is 32.9 Å². The number of carbonyl (C=O) groups is 1. The number of furan rings is 1. The molecule has 2 aromatic heterocycles. The van der Waals surface area contributed by atoms with E-state index in [0.29, 0.717) is 34.4 Å². The molecule has 3 rings (SSSR count). The number of hydrogen-bond acceptors (Lipinski definition) is 6. The molecule has 25 heavy (non-hydrogen) atoms. The van der Waals surface area contributed by atoms with E-state index in [4.69, 9.17) is 18.3 Å². The molecular weight excluding hydrogens is 392 g/mol. The smallest absolute Gasteiger partial charge is 0.344 e. The summed E-state index contributed by atoms with van der Waals surface area (Å²) in [5.74, 6) is -0.209. The molecule has 130 valence electrons. The van der Waals surface area contributed by atoms with Crippen molar-refractivity contribution in [2.45, 2.75) is 13.3 Å². The third kappa shape index (κ3) is 3.76. The van der Waals surface area contributed by atoms with Gasteiger partial charge < -0.3 is 18.3 Å². The molecular formula is C18H15BrO6. The van der Waals surface area contributed by atoms with E-state index in [0.717, 1.165) is 0 Å². The van der Waals surface area contributed by atoms with Crippen molar-refractivity contribution < 1.29 is 23.1 Å². The molecule has 0 spiro atoms. The van der Waals surface area contributed by atoms with Gasteiger partial charge in [-0.15, -0.1) is 0 Å². The molecule has 0 radical (unpaired) electrons. The highest BCUT2D eigenvalue weighted by Crippen LogP contribution is 2.33. The van der Waals surface area contributed by atoms with Gasteiger partial charge in [0.05, 0.1) is 12.0 Å². The van der Waals surface area contributed by atoms with Gasteiger partial charge in [0.25, 0.3) is 0 Å². The maximum absolute atomic E-state index is 12.8. The van der Waals surface area contributed by atoms with Crippen LogP contribution in [-0.2, 0) is 9.53 Å². The second kappa shape index (κ2) is 7.57. The Kier molecular flexibility index (Phi) is 5.23. The monoisotopic (exact) mass is 406 g/mol. The fourth-order valence-corrected chi connectivity index (χ4v) is 2.55. The van der Waals surface area contributed by atoms with Crippen molar-refractivity contribution in [3.05, 3.63) is 51.3 Å². The lowest BCUT2D eigenvalue weighted by Gasteiger charge is -2.10. The minimum Gasteiger partial charge on any atom is -0.474 e. The van der Waals surface area contributed by atoms with Gasteiger partial charge in [0, 0.05) is 0 Å². The summed E-state index contributed by atoms with van der Waals surface area (Å²) in [6, 6.07) is 10.1. The lowest BCUT2D eigenvalue weighted by Crippen LogP contribution is -2.19. The standard InChI is InChI=1S/C18H15BrO6/c1-2-9-22-15(20)10-23-18-16(21)11-5-3-4-6-12(11)25-17(18)13-7-8-14(19)24-13/h3-8H,2,9-10H2,1H3. The highest BCUT2D eigenvalue weighted by Gasteiger charge is 2.21. The van der Waals surface area contributed by atoms with Gasteiger partial charge in [0.15, 0.2) is 17.0 Å². The van der Waals surface area contributed by atoms with E-state index >= 15 is 0 Å². The van der Waals surface area contributed by atoms with Crippen LogP contribution in [0.3, 0.4) is 0 Å². The molecule has 0 aliphatic rings. The Morgan fingerprint density at radius 1 is 1.16 bits per heavy atom. The van der Waals surface area contributed by atoms with Crippen LogP contribution in [0.1, 0.15) is 13.3 Å². The quantitative estimate of drug-likeness (QED) is 0.572. The van der Waals surface area contributed by atoms with Crippen LogP contribution in [0.15, 0.2) is 54.7 Å². The van der Waals surface area contributed by atoms with E-state index in [1.165, 1.54) is 0 Å². The largest absolute Gasteiger partial charge is 0.474 e. The third-order valence-electron chi connectivity index (χ3n) is 3.35. The number of hydrogen-bond donors (Lipinski definition) is 0. The number of benzene rings is 1. The molecule has 3 aromatic rings. The van der Waals surface area contributed by atoms with E-state index in [1.54, 1.807) is 36.4 Å². The van der Waals surface area contributed by atoms with Crippen molar-refractivity contribution in [2.24, 2.45) is 0 Å². The number of para-hydroxylation sites is 1. The molecule has 7 heteroatoms. The molecule has 0 N–H and O–H groups in total. The number of esters is 1. The average molecular weight is 407 g/mol. The molecule has 0 atom stereocenters. The lowest BCUT2D eigenvalue weighted by atomic mass is 10.2. The predicted octanol–water partition coefficient (Wildman–Crippen LogP) is 4.15. The van der Waals surface area contributed by atoms with Gasteiger partial charge in [-0.3, -0.25) is 4.79 Å². The molecule has 1 aromatic carbocycles. The Hall–Kier alpha value is -2.54. The van der Waals surface area contributed by atoms with Crippen LogP contribution >= 0.6 is 15.9 Å². The third-order valence-corrected chi connectivity index (χ3v) is 3.78. The van der Waals surface area contributed by atoms with E-state index in [1.807, 2.05) is 6.92 Å². The number of carbonyl (C=O) groups excluding carboxylic acids is 1. The van der Waals surface area contributed by atoms with Crippen molar-refractivity contribution in [3.8, 4) is 17.3 Å². The van der Waals surface area contributed by atoms with Gasteiger partial charge in [-0.1, -0.05) is 19.1 Å². The van der Waals surface area contributed by atoms with Crippen LogP contribution in [0.4, 0.5) is 0 Å². The highest BCUT2D eigenvalue weighted by atomic mass is 79.9. The number of ether oxygens (including phenoxy) is 2. The van der Waals surface area contributed by atoms with Gasteiger partial charge in [0.1, 0.15) is 5.58 Å². The van der Waals surface area contributed by atoms with Gasteiger partial charge in [0.2, 0.25) is 16.9 Å². The Balaban J connectivity index is 2.03. The van der Waals surface area contributed by atoms with E-state index in [9.17, 15) is 9.59 Å². The van der Waals surface area contributed by atoms with Gasteiger partial charge in [-0.05, 0) is 46.6 Å². The summed E-state index contributed by atoms with van der Waals surface area (Å²) in [7, 11) is 0. The van der Waals surface area contributed by atoms with Crippen molar-refractivity contribution in [3.63, 3.8) is 0 Å². The summed E-state index contributed by atoms with van der Waals surface area (Å²) in [4.78, 5) is 24.5. The fourth-order valence-electron chi connectivity index (χ4n) is 2.24. The summed E-state index contributed by atoms with van der Waals surface area (Å²) in [5, 5.41) is 0.355.